The van der Waals surface area contributed by atoms with Crippen molar-refractivity contribution in [3.63, 3.8) is 0 Å². The Balaban J connectivity index is 1.56. The second-order valence-electron chi connectivity index (χ2n) is 9.38. The summed E-state index contributed by atoms with van der Waals surface area (Å²) in [5.41, 5.74) is 3.09. The third kappa shape index (κ3) is 4.39. The van der Waals surface area contributed by atoms with Crippen LogP contribution < -0.4 is 10.2 Å². The summed E-state index contributed by atoms with van der Waals surface area (Å²) in [6.07, 6.45) is 4.82. The second kappa shape index (κ2) is 9.38. The molecule has 1 atom stereocenters. The van der Waals surface area contributed by atoms with Crippen molar-refractivity contribution in [1.29, 1.82) is 0 Å². The molecule has 1 N–H and O–H groups in total. The molecule has 0 bridgehead atoms. The number of hydrogen-bond acceptors (Lipinski definition) is 3. The van der Waals surface area contributed by atoms with Crippen LogP contribution in [0.2, 0.25) is 0 Å². The molecule has 174 valence electrons. The minimum atomic E-state index is -0.883. The van der Waals surface area contributed by atoms with Gasteiger partial charge in [-0.25, -0.2) is 4.79 Å². The largest absolute Gasteiger partial charge is 0.348 e. The van der Waals surface area contributed by atoms with Gasteiger partial charge in [0.25, 0.3) is 5.91 Å². The highest BCUT2D eigenvalue weighted by molar-refractivity contribution is 6.18. The van der Waals surface area contributed by atoms with Crippen molar-refractivity contribution in [2.75, 3.05) is 11.4 Å². The van der Waals surface area contributed by atoms with Gasteiger partial charge in [-0.15, -0.1) is 0 Å². The number of anilines is 1. The smallest absolute Gasteiger partial charge is 0.332 e. The van der Waals surface area contributed by atoms with Gasteiger partial charge < -0.3 is 5.32 Å². The topological polar surface area (TPSA) is 69.7 Å². The van der Waals surface area contributed by atoms with E-state index in [1.807, 2.05) is 69.3 Å². The summed E-state index contributed by atoms with van der Waals surface area (Å²) in [4.78, 5) is 42.9. The number of benzene rings is 2. The Labute approximate surface area is 196 Å². The SMILES string of the molecule is CCC(NC(=O)CN1C(=O)N(c2ccc(C)cc2)C2(CCCCC2)C1=O)c1ccc(C)cc1. The first kappa shape index (κ1) is 23.0. The predicted octanol–water partition coefficient (Wildman–Crippen LogP) is 5.04. The third-order valence-corrected chi connectivity index (χ3v) is 6.99. The molecular weight excluding hydrogens is 414 g/mol. The van der Waals surface area contributed by atoms with Gasteiger partial charge in [-0.1, -0.05) is 73.7 Å². The maximum absolute atomic E-state index is 13.6. The number of hydrogen-bond donors (Lipinski definition) is 1. The molecule has 1 aliphatic heterocycles. The third-order valence-electron chi connectivity index (χ3n) is 6.99. The Morgan fingerprint density at radius 3 is 2.09 bits per heavy atom. The van der Waals surface area contributed by atoms with Gasteiger partial charge in [0.15, 0.2) is 0 Å². The lowest BCUT2D eigenvalue weighted by Gasteiger charge is -2.38. The number of imide groups is 1. The van der Waals surface area contributed by atoms with Crippen molar-refractivity contribution in [3.8, 4) is 0 Å². The van der Waals surface area contributed by atoms with E-state index in [1.54, 1.807) is 4.90 Å². The molecule has 0 radical (unpaired) electrons. The van der Waals surface area contributed by atoms with Crippen LogP contribution in [0.1, 0.15) is 68.2 Å². The number of rotatable bonds is 6. The molecule has 4 amide bonds. The number of urea groups is 1. The molecule has 1 unspecified atom stereocenters. The number of amides is 4. The van der Waals surface area contributed by atoms with E-state index in [0.717, 1.165) is 53.0 Å². The number of carbonyl (C=O) groups is 3. The molecule has 0 aromatic heterocycles. The van der Waals surface area contributed by atoms with Crippen molar-refractivity contribution in [2.24, 2.45) is 0 Å². The molecule has 2 aromatic rings. The summed E-state index contributed by atoms with van der Waals surface area (Å²) in [7, 11) is 0. The summed E-state index contributed by atoms with van der Waals surface area (Å²) in [5, 5.41) is 3.02. The van der Waals surface area contributed by atoms with Crippen LogP contribution in [0.5, 0.6) is 0 Å². The van der Waals surface area contributed by atoms with Crippen LogP contribution in [0.25, 0.3) is 0 Å². The van der Waals surface area contributed by atoms with E-state index >= 15 is 0 Å². The lowest BCUT2D eigenvalue weighted by atomic mass is 9.80. The second-order valence-corrected chi connectivity index (χ2v) is 9.38. The van der Waals surface area contributed by atoms with Crippen molar-refractivity contribution in [2.45, 2.75) is 70.9 Å². The quantitative estimate of drug-likeness (QED) is 0.631. The zero-order valence-corrected chi connectivity index (χ0v) is 19.8. The van der Waals surface area contributed by atoms with Gasteiger partial charge in [-0.05, 0) is 50.8 Å². The molecule has 4 rings (SSSR count). The minimum absolute atomic E-state index is 0.164. The van der Waals surface area contributed by atoms with Crippen LogP contribution in [-0.4, -0.2) is 34.8 Å². The average Bonchev–Trinajstić information content (AvgIpc) is 3.00. The Bertz CT molecular complexity index is 1020. The lowest BCUT2D eigenvalue weighted by molar-refractivity contribution is -0.135. The lowest BCUT2D eigenvalue weighted by Crippen LogP contribution is -2.51. The zero-order valence-electron chi connectivity index (χ0n) is 19.8. The summed E-state index contributed by atoms with van der Waals surface area (Å²) >= 11 is 0. The van der Waals surface area contributed by atoms with Gasteiger partial charge in [0, 0.05) is 5.69 Å². The minimum Gasteiger partial charge on any atom is -0.348 e. The monoisotopic (exact) mass is 447 g/mol. The molecule has 1 heterocycles. The molecule has 6 heteroatoms. The van der Waals surface area contributed by atoms with E-state index in [-0.39, 0.29) is 24.4 Å². The van der Waals surface area contributed by atoms with Crippen LogP contribution in [0, 0.1) is 13.8 Å². The summed E-state index contributed by atoms with van der Waals surface area (Å²) in [5.74, 6) is -0.563. The van der Waals surface area contributed by atoms with Crippen molar-refractivity contribution >= 4 is 23.5 Å². The first-order chi connectivity index (χ1) is 15.9. The molecule has 33 heavy (non-hydrogen) atoms. The highest BCUT2D eigenvalue weighted by atomic mass is 16.2. The molecule has 2 aliphatic rings. The number of carbonyl (C=O) groups excluding carboxylic acids is 3. The first-order valence-electron chi connectivity index (χ1n) is 11.9. The fraction of sp³-hybridized carbons (Fsp3) is 0.444. The number of nitrogens with one attached hydrogen (secondary N) is 1. The van der Waals surface area contributed by atoms with Gasteiger partial charge >= 0.3 is 6.03 Å². The molecule has 1 saturated carbocycles. The van der Waals surface area contributed by atoms with E-state index in [9.17, 15) is 14.4 Å². The van der Waals surface area contributed by atoms with Gasteiger partial charge in [0.05, 0.1) is 6.04 Å². The van der Waals surface area contributed by atoms with E-state index in [4.69, 9.17) is 0 Å². The maximum atomic E-state index is 13.6. The normalized spacial score (nSPS) is 18.6. The van der Waals surface area contributed by atoms with Crippen molar-refractivity contribution in [3.05, 3.63) is 65.2 Å². The van der Waals surface area contributed by atoms with Gasteiger partial charge in [-0.2, -0.15) is 0 Å². The molecule has 6 nitrogen and oxygen atoms in total. The Morgan fingerprint density at radius 2 is 1.52 bits per heavy atom. The van der Waals surface area contributed by atoms with Gasteiger partial charge in [0.2, 0.25) is 5.91 Å². The molecule has 1 aliphatic carbocycles. The van der Waals surface area contributed by atoms with Crippen LogP contribution in [0.15, 0.2) is 48.5 Å². The summed E-state index contributed by atoms with van der Waals surface area (Å²) in [6, 6.07) is 15.2. The highest BCUT2D eigenvalue weighted by Gasteiger charge is 2.58. The molecule has 1 saturated heterocycles. The van der Waals surface area contributed by atoms with Gasteiger partial charge in [-0.3, -0.25) is 19.4 Å². The van der Waals surface area contributed by atoms with Crippen LogP contribution in [0.4, 0.5) is 10.5 Å². The Morgan fingerprint density at radius 1 is 0.939 bits per heavy atom. The fourth-order valence-electron chi connectivity index (χ4n) is 5.11. The number of nitrogens with zero attached hydrogens (tertiary/aromatic N) is 2. The average molecular weight is 448 g/mol. The van der Waals surface area contributed by atoms with Crippen molar-refractivity contribution in [1.82, 2.24) is 10.2 Å². The molecular formula is C27H33N3O3. The van der Waals surface area contributed by atoms with Crippen LogP contribution in [0.3, 0.4) is 0 Å². The summed E-state index contributed by atoms with van der Waals surface area (Å²) in [6.45, 7) is 5.76. The van der Waals surface area contributed by atoms with Gasteiger partial charge in [0.1, 0.15) is 12.1 Å². The highest BCUT2D eigenvalue weighted by Crippen LogP contribution is 2.43. The Kier molecular flexibility index (Phi) is 6.54. The van der Waals surface area contributed by atoms with E-state index in [0.29, 0.717) is 12.8 Å². The standard InChI is InChI=1S/C27H33N3O3/c1-4-23(21-12-8-19(2)9-13-21)28-24(31)18-29-25(32)27(16-6-5-7-17-27)30(26(29)33)22-14-10-20(3)11-15-22/h8-15,23H,4-7,16-18H2,1-3H3,(H,28,31). The van der Waals surface area contributed by atoms with Crippen molar-refractivity contribution < 1.29 is 14.4 Å². The van der Waals surface area contributed by atoms with E-state index in [1.165, 1.54) is 0 Å². The Hall–Kier alpha value is -3.15. The predicted molar refractivity (Wildman–Crippen MR) is 129 cm³/mol. The summed E-state index contributed by atoms with van der Waals surface area (Å²) < 4.78 is 0. The number of aryl methyl sites for hydroxylation is 2. The maximum Gasteiger partial charge on any atom is 0.332 e. The molecule has 1 spiro atoms. The molecule has 2 aromatic carbocycles. The van der Waals surface area contributed by atoms with Crippen LogP contribution in [-0.2, 0) is 9.59 Å². The molecule has 2 fully saturated rings. The van der Waals surface area contributed by atoms with E-state index in [2.05, 4.69) is 5.32 Å². The first-order valence-corrected chi connectivity index (χ1v) is 11.9. The zero-order chi connectivity index (χ0) is 23.6. The fourth-order valence-corrected chi connectivity index (χ4v) is 5.11. The van der Waals surface area contributed by atoms with Crippen LogP contribution >= 0.6 is 0 Å². The van der Waals surface area contributed by atoms with E-state index < -0.39 is 11.6 Å².